The molecule has 4 aromatic rings. The number of H-pyrrole nitrogens is 1. The number of nitrogens with one attached hydrogen (secondary N) is 2. The number of ketones is 1. The fourth-order valence-electron chi connectivity index (χ4n) is 4.23. The van der Waals surface area contributed by atoms with Crippen molar-refractivity contribution < 1.29 is 14.3 Å². The van der Waals surface area contributed by atoms with Crippen LogP contribution in [0.5, 0.6) is 5.88 Å². The molecule has 9 nitrogen and oxygen atoms in total. The van der Waals surface area contributed by atoms with E-state index in [-0.39, 0.29) is 24.2 Å². The van der Waals surface area contributed by atoms with Crippen LogP contribution in [0.1, 0.15) is 63.0 Å². The lowest BCUT2D eigenvalue weighted by atomic mass is 10.0. The van der Waals surface area contributed by atoms with E-state index in [0.29, 0.717) is 36.7 Å². The van der Waals surface area contributed by atoms with Gasteiger partial charge in [0.15, 0.2) is 0 Å². The molecule has 0 aliphatic carbocycles. The molecule has 1 aromatic carbocycles. The Balaban J connectivity index is 1.52. The fraction of sp³-hybridized carbons (Fsp3) is 0.357. The Morgan fingerprint density at radius 3 is 2.73 bits per heavy atom. The van der Waals surface area contributed by atoms with E-state index >= 15 is 0 Å². The number of imidazole rings is 1. The second kappa shape index (κ2) is 12.7. The van der Waals surface area contributed by atoms with Crippen molar-refractivity contribution in [3.05, 3.63) is 66.6 Å². The average Bonchev–Trinajstić information content (AvgIpc) is 3.42. The highest BCUT2D eigenvalue weighted by Crippen LogP contribution is 2.31. The monoisotopic (exact) mass is 500 g/mol. The van der Waals surface area contributed by atoms with Gasteiger partial charge in [-0.15, -0.1) is 0 Å². The van der Waals surface area contributed by atoms with Gasteiger partial charge in [-0.25, -0.2) is 9.97 Å². The maximum atomic E-state index is 12.8. The quantitative estimate of drug-likeness (QED) is 0.254. The second-order valence-electron chi connectivity index (χ2n) is 8.91. The average molecular weight is 501 g/mol. The lowest BCUT2D eigenvalue weighted by molar-refractivity contribution is -0.121. The Labute approximate surface area is 216 Å². The number of hydrogen-bond acceptors (Lipinski definition) is 7. The number of rotatable bonds is 13. The van der Waals surface area contributed by atoms with E-state index in [1.165, 1.54) is 0 Å². The molecular weight excluding hydrogens is 468 g/mol. The number of methoxy groups -OCH3 is 1. The molecule has 192 valence electrons. The van der Waals surface area contributed by atoms with Crippen molar-refractivity contribution in [3.63, 3.8) is 0 Å². The molecule has 0 aliphatic heterocycles. The molecule has 0 spiro atoms. The molecule has 0 unspecified atom stereocenters. The number of aromatic amines is 1. The summed E-state index contributed by atoms with van der Waals surface area (Å²) in [4.78, 5) is 45.3. The molecule has 2 N–H and O–H groups in total. The topological polar surface area (TPSA) is 123 Å². The minimum atomic E-state index is -0.320. The van der Waals surface area contributed by atoms with Crippen LogP contribution in [0.15, 0.2) is 55.1 Å². The number of hydrogen-bond donors (Lipinski definition) is 2. The van der Waals surface area contributed by atoms with Gasteiger partial charge < -0.3 is 15.0 Å². The first kappa shape index (κ1) is 25.9. The number of fused-ring (bicyclic) bond motifs is 1. The molecule has 9 heteroatoms. The first-order valence-corrected chi connectivity index (χ1v) is 12.6. The van der Waals surface area contributed by atoms with Gasteiger partial charge in [-0.05, 0) is 25.0 Å². The van der Waals surface area contributed by atoms with E-state index in [4.69, 9.17) is 4.74 Å². The van der Waals surface area contributed by atoms with Gasteiger partial charge in [0.1, 0.15) is 11.6 Å². The number of ether oxygens (including phenoxy) is 1. The standard InChI is InChI=1S/C28H32N6O3/c1-3-21(35)10-5-4-6-12-24(32-26(36)16-20-17-29-13-14-30-20)27-31-18-25(33-27)22-15-19-9-7-8-11-23(19)34-28(22)37-2/h7-9,11,13-15,17-18,24H,3-6,10,12,16H2,1-2H3,(H,31,33)(H,32,36)/t24-/m0/s1. The van der Waals surface area contributed by atoms with Crippen molar-refractivity contribution in [2.45, 2.75) is 57.9 Å². The van der Waals surface area contributed by atoms with Gasteiger partial charge in [0.25, 0.3) is 0 Å². The zero-order valence-corrected chi connectivity index (χ0v) is 21.2. The fourth-order valence-corrected chi connectivity index (χ4v) is 4.23. The number of carbonyl (C=O) groups excluding carboxylic acids is 2. The number of pyridine rings is 1. The number of nitrogens with zero attached hydrogens (tertiary/aromatic N) is 4. The molecule has 0 saturated carbocycles. The van der Waals surface area contributed by atoms with Gasteiger partial charge in [0.05, 0.1) is 48.2 Å². The summed E-state index contributed by atoms with van der Waals surface area (Å²) in [5, 5.41) is 4.09. The number of aromatic nitrogens is 5. The van der Waals surface area contributed by atoms with Crippen LogP contribution >= 0.6 is 0 Å². The summed E-state index contributed by atoms with van der Waals surface area (Å²) in [7, 11) is 1.59. The molecule has 4 rings (SSSR count). The minimum Gasteiger partial charge on any atom is -0.480 e. The summed E-state index contributed by atoms with van der Waals surface area (Å²) in [5.41, 5.74) is 3.00. The Hall–Kier alpha value is -4.14. The summed E-state index contributed by atoms with van der Waals surface area (Å²) in [6, 6.07) is 9.55. The molecule has 1 amide bonds. The van der Waals surface area contributed by atoms with Crippen LogP contribution < -0.4 is 10.1 Å². The predicted octanol–water partition coefficient (Wildman–Crippen LogP) is 4.75. The first-order chi connectivity index (χ1) is 18.1. The van der Waals surface area contributed by atoms with Gasteiger partial charge in [0.2, 0.25) is 11.8 Å². The molecule has 0 bridgehead atoms. The maximum absolute atomic E-state index is 12.8. The van der Waals surface area contributed by atoms with Crippen LogP contribution in [0.2, 0.25) is 0 Å². The summed E-state index contributed by atoms with van der Waals surface area (Å²) in [5.74, 6) is 1.28. The molecule has 37 heavy (non-hydrogen) atoms. The minimum absolute atomic E-state index is 0.130. The Bertz CT molecular complexity index is 1340. The smallest absolute Gasteiger partial charge is 0.226 e. The second-order valence-corrected chi connectivity index (χ2v) is 8.91. The number of benzene rings is 1. The van der Waals surface area contributed by atoms with Gasteiger partial charge >= 0.3 is 0 Å². The van der Waals surface area contributed by atoms with E-state index < -0.39 is 0 Å². The number of unbranched alkanes of at least 4 members (excludes halogenated alkanes) is 2. The summed E-state index contributed by atoms with van der Waals surface area (Å²) in [6.07, 6.45) is 11.1. The lowest BCUT2D eigenvalue weighted by Gasteiger charge is -2.17. The SMILES string of the molecule is CCC(=O)CCCCC[C@H](NC(=O)Cc1cnccn1)c1ncc(-c2cc3ccccc3nc2OC)[nH]1. The third-order valence-electron chi connectivity index (χ3n) is 6.23. The van der Waals surface area contributed by atoms with Crippen molar-refractivity contribution >= 4 is 22.6 Å². The van der Waals surface area contributed by atoms with Crippen LogP contribution in [-0.2, 0) is 16.0 Å². The molecule has 0 saturated heterocycles. The summed E-state index contributed by atoms with van der Waals surface area (Å²) >= 11 is 0. The van der Waals surface area contributed by atoms with Gasteiger partial charge in [-0.1, -0.05) is 38.0 Å². The Morgan fingerprint density at radius 2 is 1.95 bits per heavy atom. The third kappa shape index (κ3) is 6.97. The molecule has 0 fully saturated rings. The number of carbonyl (C=O) groups is 2. The van der Waals surface area contributed by atoms with Crippen LogP contribution in [0, 0.1) is 0 Å². The van der Waals surface area contributed by atoms with E-state index in [9.17, 15) is 9.59 Å². The zero-order chi connectivity index (χ0) is 26.0. The summed E-state index contributed by atoms with van der Waals surface area (Å²) < 4.78 is 5.56. The largest absolute Gasteiger partial charge is 0.480 e. The van der Waals surface area contributed by atoms with Crippen LogP contribution in [-0.4, -0.2) is 43.7 Å². The highest BCUT2D eigenvalue weighted by molar-refractivity contribution is 5.85. The van der Waals surface area contributed by atoms with E-state index in [1.54, 1.807) is 31.9 Å². The van der Waals surface area contributed by atoms with Crippen molar-refractivity contribution in [3.8, 4) is 17.1 Å². The number of Topliss-reactive ketones (excluding diaryl/α,β-unsaturated/α-hetero) is 1. The Kier molecular flexibility index (Phi) is 8.91. The van der Waals surface area contributed by atoms with Crippen molar-refractivity contribution in [2.75, 3.05) is 7.11 Å². The first-order valence-electron chi connectivity index (χ1n) is 12.6. The molecule has 0 radical (unpaired) electrons. The van der Waals surface area contributed by atoms with Gasteiger partial charge in [-0.2, -0.15) is 0 Å². The van der Waals surface area contributed by atoms with E-state index in [1.807, 2.05) is 37.3 Å². The molecule has 3 aromatic heterocycles. The zero-order valence-electron chi connectivity index (χ0n) is 21.2. The van der Waals surface area contributed by atoms with E-state index in [2.05, 4.69) is 30.2 Å². The molecular formula is C28H32N6O3. The molecule has 1 atom stereocenters. The number of para-hydroxylation sites is 1. The Morgan fingerprint density at radius 1 is 1.08 bits per heavy atom. The maximum Gasteiger partial charge on any atom is 0.226 e. The highest BCUT2D eigenvalue weighted by atomic mass is 16.5. The third-order valence-corrected chi connectivity index (χ3v) is 6.23. The van der Waals surface area contributed by atoms with Crippen molar-refractivity contribution in [2.24, 2.45) is 0 Å². The highest BCUT2D eigenvalue weighted by Gasteiger charge is 2.20. The lowest BCUT2D eigenvalue weighted by Crippen LogP contribution is -2.31. The van der Waals surface area contributed by atoms with Crippen molar-refractivity contribution in [1.82, 2.24) is 30.2 Å². The van der Waals surface area contributed by atoms with Gasteiger partial charge in [-0.3, -0.25) is 19.6 Å². The van der Waals surface area contributed by atoms with Crippen LogP contribution in [0.3, 0.4) is 0 Å². The molecule has 0 aliphatic rings. The summed E-state index contributed by atoms with van der Waals surface area (Å²) in [6.45, 7) is 1.89. The van der Waals surface area contributed by atoms with E-state index in [0.717, 1.165) is 41.4 Å². The van der Waals surface area contributed by atoms with Crippen LogP contribution in [0.4, 0.5) is 0 Å². The van der Waals surface area contributed by atoms with Crippen LogP contribution in [0.25, 0.3) is 22.2 Å². The predicted molar refractivity (Wildman–Crippen MR) is 141 cm³/mol. The van der Waals surface area contributed by atoms with Gasteiger partial charge in [0, 0.05) is 36.8 Å². The normalized spacial score (nSPS) is 11.8. The molecule has 3 heterocycles. The number of amides is 1. The van der Waals surface area contributed by atoms with Crippen molar-refractivity contribution in [1.29, 1.82) is 0 Å².